The Morgan fingerprint density at radius 1 is 1.24 bits per heavy atom. The number of amides is 1. The predicted molar refractivity (Wildman–Crippen MR) is 97.1 cm³/mol. The lowest BCUT2D eigenvalue weighted by molar-refractivity contribution is -0.384. The van der Waals surface area contributed by atoms with E-state index in [0.29, 0.717) is 5.56 Å². The summed E-state index contributed by atoms with van der Waals surface area (Å²) in [6.45, 7) is 8.81. The molecule has 0 bridgehead atoms. The highest BCUT2D eigenvalue weighted by atomic mass is 32.2. The monoisotopic (exact) mass is 371 g/mol. The van der Waals surface area contributed by atoms with Crippen LogP contribution in [-0.2, 0) is 14.8 Å². The van der Waals surface area contributed by atoms with Gasteiger partial charge in [0.2, 0.25) is 15.9 Å². The first-order chi connectivity index (χ1) is 11.4. The third-order valence-corrected chi connectivity index (χ3v) is 5.33. The maximum atomic E-state index is 12.5. The number of anilines is 1. The van der Waals surface area contributed by atoms with Crippen molar-refractivity contribution in [2.45, 2.75) is 46.7 Å². The summed E-state index contributed by atoms with van der Waals surface area (Å²) in [7, 11) is -3.83. The number of nitrogens with one attached hydrogen (secondary N) is 1. The molecule has 1 N–H and O–H groups in total. The zero-order chi connectivity index (χ0) is 19.5. The van der Waals surface area contributed by atoms with Gasteiger partial charge in [0, 0.05) is 18.2 Å². The highest BCUT2D eigenvalue weighted by molar-refractivity contribution is 7.92. The largest absolute Gasteiger partial charge is 0.352 e. The van der Waals surface area contributed by atoms with Crippen LogP contribution in [0.4, 0.5) is 11.4 Å². The molecule has 0 fully saturated rings. The summed E-state index contributed by atoms with van der Waals surface area (Å²) in [5.74, 6) is -0.278. The Labute approximate surface area is 148 Å². The van der Waals surface area contributed by atoms with E-state index in [1.165, 1.54) is 25.1 Å². The number of benzene rings is 1. The van der Waals surface area contributed by atoms with Crippen LogP contribution in [0.1, 0.15) is 33.3 Å². The number of sulfonamides is 1. The van der Waals surface area contributed by atoms with Crippen LogP contribution in [0.15, 0.2) is 18.2 Å². The molecule has 0 radical (unpaired) electrons. The predicted octanol–water partition coefficient (Wildman–Crippen LogP) is 2.22. The molecule has 1 rings (SSSR count). The smallest absolute Gasteiger partial charge is 0.271 e. The van der Waals surface area contributed by atoms with Crippen LogP contribution in [0.5, 0.6) is 0 Å². The molecule has 0 aliphatic carbocycles. The third kappa shape index (κ3) is 5.15. The molecule has 0 spiro atoms. The van der Waals surface area contributed by atoms with E-state index in [9.17, 15) is 23.3 Å². The van der Waals surface area contributed by atoms with Crippen molar-refractivity contribution in [2.75, 3.05) is 10.6 Å². The summed E-state index contributed by atoms with van der Waals surface area (Å²) < 4.78 is 25.5. The van der Waals surface area contributed by atoms with Gasteiger partial charge in [-0.25, -0.2) is 8.42 Å². The van der Waals surface area contributed by atoms with Crippen molar-refractivity contribution in [3.05, 3.63) is 33.9 Å². The Balaban J connectivity index is 3.34. The molecule has 25 heavy (non-hydrogen) atoms. The average Bonchev–Trinajstić information content (AvgIpc) is 2.47. The summed E-state index contributed by atoms with van der Waals surface area (Å²) in [6.07, 6.45) is 0.973. The van der Waals surface area contributed by atoms with E-state index in [2.05, 4.69) is 5.32 Å². The molecule has 1 aromatic rings. The van der Waals surface area contributed by atoms with E-state index in [-0.39, 0.29) is 23.3 Å². The van der Waals surface area contributed by atoms with Gasteiger partial charge in [0.1, 0.15) is 6.04 Å². The van der Waals surface area contributed by atoms with Crippen LogP contribution in [0.25, 0.3) is 0 Å². The normalized spacial score (nSPS) is 14.0. The molecule has 0 saturated carbocycles. The van der Waals surface area contributed by atoms with E-state index in [1.54, 1.807) is 6.92 Å². The number of nitro groups is 1. The molecular formula is C16H25N3O5S. The fraction of sp³-hybridized carbons (Fsp3) is 0.562. The fourth-order valence-electron chi connectivity index (χ4n) is 2.24. The number of nitrogens with zero attached hydrogens (tertiary/aromatic N) is 2. The molecule has 1 aromatic carbocycles. The lowest BCUT2D eigenvalue weighted by Crippen LogP contribution is -2.50. The number of carbonyl (C=O) groups is 1. The molecule has 0 aliphatic rings. The van der Waals surface area contributed by atoms with Gasteiger partial charge in [-0.3, -0.25) is 19.2 Å². The standard InChI is InChI=1S/C16H25N3O5S/c1-10(2)12(4)17-16(20)13(5)18(25(6,23)24)15-9-14(19(21)22)8-7-11(15)3/h7-10,12-13H,1-6H3,(H,17,20)/t12-,13+/m0/s1. The van der Waals surface area contributed by atoms with Crippen LogP contribution in [0.2, 0.25) is 0 Å². The van der Waals surface area contributed by atoms with Crippen molar-refractivity contribution in [2.24, 2.45) is 5.92 Å². The number of carbonyl (C=O) groups excluding carboxylic acids is 1. The minimum atomic E-state index is -3.83. The van der Waals surface area contributed by atoms with Crippen molar-refractivity contribution in [3.8, 4) is 0 Å². The molecule has 0 aliphatic heterocycles. The van der Waals surface area contributed by atoms with Crippen molar-refractivity contribution in [3.63, 3.8) is 0 Å². The Hall–Kier alpha value is -2.16. The molecular weight excluding hydrogens is 346 g/mol. The van der Waals surface area contributed by atoms with Gasteiger partial charge in [-0.05, 0) is 32.3 Å². The fourth-order valence-corrected chi connectivity index (χ4v) is 3.47. The zero-order valence-corrected chi connectivity index (χ0v) is 16.1. The Kier molecular flexibility index (Phi) is 6.53. The van der Waals surface area contributed by atoms with Crippen LogP contribution < -0.4 is 9.62 Å². The number of nitro benzene ring substituents is 1. The minimum Gasteiger partial charge on any atom is -0.352 e. The van der Waals surface area contributed by atoms with E-state index in [1.807, 2.05) is 20.8 Å². The highest BCUT2D eigenvalue weighted by Gasteiger charge is 2.32. The SMILES string of the molecule is Cc1ccc([N+](=O)[O-])cc1N([C@H](C)C(=O)N[C@@H](C)C(C)C)S(C)(=O)=O. The molecule has 0 unspecified atom stereocenters. The number of aryl methyl sites for hydroxylation is 1. The molecule has 0 heterocycles. The summed E-state index contributed by atoms with van der Waals surface area (Å²) in [5, 5.41) is 13.8. The third-order valence-electron chi connectivity index (χ3n) is 4.10. The number of hydrogen-bond acceptors (Lipinski definition) is 5. The lowest BCUT2D eigenvalue weighted by atomic mass is 10.1. The van der Waals surface area contributed by atoms with Crippen molar-refractivity contribution >= 4 is 27.3 Å². The Morgan fingerprint density at radius 2 is 1.80 bits per heavy atom. The molecule has 2 atom stereocenters. The summed E-state index contributed by atoms with van der Waals surface area (Å²) in [6, 6.07) is 2.75. The lowest BCUT2D eigenvalue weighted by Gasteiger charge is -2.30. The first kappa shape index (κ1) is 20.9. The zero-order valence-electron chi connectivity index (χ0n) is 15.3. The molecule has 9 heteroatoms. The number of rotatable bonds is 7. The second kappa shape index (κ2) is 7.81. The first-order valence-electron chi connectivity index (χ1n) is 7.91. The van der Waals surface area contributed by atoms with Gasteiger partial charge >= 0.3 is 0 Å². The maximum absolute atomic E-state index is 12.5. The van der Waals surface area contributed by atoms with E-state index < -0.39 is 26.9 Å². The van der Waals surface area contributed by atoms with E-state index in [4.69, 9.17) is 0 Å². The summed E-state index contributed by atoms with van der Waals surface area (Å²) in [4.78, 5) is 22.9. The molecule has 0 saturated heterocycles. The maximum Gasteiger partial charge on any atom is 0.271 e. The van der Waals surface area contributed by atoms with Crippen LogP contribution in [0.3, 0.4) is 0 Å². The number of non-ortho nitro benzene ring substituents is 1. The summed E-state index contributed by atoms with van der Waals surface area (Å²) in [5.41, 5.74) is 0.404. The first-order valence-corrected chi connectivity index (χ1v) is 9.76. The van der Waals surface area contributed by atoms with Gasteiger partial charge < -0.3 is 5.32 Å². The minimum absolute atomic E-state index is 0.122. The Bertz CT molecular complexity index is 761. The van der Waals surface area contributed by atoms with Crippen LogP contribution in [-0.4, -0.2) is 37.6 Å². The van der Waals surface area contributed by atoms with Crippen molar-refractivity contribution in [1.29, 1.82) is 0 Å². The van der Waals surface area contributed by atoms with Crippen LogP contribution >= 0.6 is 0 Å². The van der Waals surface area contributed by atoms with E-state index >= 15 is 0 Å². The van der Waals surface area contributed by atoms with Gasteiger partial charge in [-0.15, -0.1) is 0 Å². The molecule has 0 aromatic heterocycles. The van der Waals surface area contributed by atoms with Crippen molar-refractivity contribution in [1.82, 2.24) is 5.32 Å². The molecule has 1 amide bonds. The summed E-state index contributed by atoms with van der Waals surface area (Å²) >= 11 is 0. The highest BCUT2D eigenvalue weighted by Crippen LogP contribution is 2.29. The van der Waals surface area contributed by atoms with Gasteiger partial charge in [-0.1, -0.05) is 19.9 Å². The second-order valence-electron chi connectivity index (χ2n) is 6.50. The molecule has 140 valence electrons. The van der Waals surface area contributed by atoms with Crippen LogP contribution in [0, 0.1) is 23.0 Å². The quantitative estimate of drug-likeness (QED) is 0.584. The van der Waals surface area contributed by atoms with E-state index in [0.717, 1.165) is 10.6 Å². The van der Waals surface area contributed by atoms with Gasteiger partial charge in [-0.2, -0.15) is 0 Å². The van der Waals surface area contributed by atoms with Gasteiger partial charge in [0.25, 0.3) is 5.69 Å². The Morgan fingerprint density at radius 3 is 2.24 bits per heavy atom. The van der Waals surface area contributed by atoms with Gasteiger partial charge in [0.15, 0.2) is 0 Å². The number of hydrogen-bond donors (Lipinski definition) is 1. The molecule has 8 nitrogen and oxygen atoms in total. The topological polar surface area (TPSA) is 110 Å². The van der Waals surface area contributed by atoms with Crippen molar-refractivity contribution < 1.29 is 18.1 Å². The average molecular weight is 371 g/mol. The second-order valence-corrected chi connectivity index (χ2v) is 8.36. The van der Waals surface area contributed by atoms with Gasteiger partial charge in [0.05, 0.1) is 16.9 Å².